The normalized spacial score (nSPS) is 19.9. The van der Waals surface area contributed by atoms with Crippen molar-refractivity contribution in [1.82, 2.24) is 5.32 Å². The lowest BCUT2D eigenvalue weighted by Crippen LogP contribution is -2.40. The minimum atomic E-state index is -0.364. The van der Waals surface area contributed by atoms with Crippen molar-refractivity contribution in [3.05, 3.63) is 0 Å². The van der Waals surface area contributed by atoms with Gasteiger partial charge < -0.3 is 14.8 Å². The highest BCUT2D eigenvalue weighted by molar-refractivity contribution is 5.75. The number of ether oxygens (including phenoxy) is 2. The van der Waals surface area contributed by atoms with Crippen molar-refractivity contribution in [1.29, 1.82) is 0 Å². The van der Waals surface area contributed by atoms with Crippen molar-refractivity contribution in [2.24, 2.45) is 5.92 Å². The van der Waals surface area contributed by atoms with Crippen LogP contribution in [0.3, 0.4) is 0 Å². The highest BCUT2D eigenvalue weighted by atomic mass is 16.6. The molecule has 15 heavy (non-hydrogen) atoms. The van der Waals surface area contributed by atoms with Crippen LogP contribution in [0, 0.1) is 5.92 Å². The lowest BCUT2D eigenvalue weighted by Gasteiger charge is -2.28. The first-order chi connectivity index (χ1) is 7.29. The Bertz CT molecular complexity index is 190. The van der Waals surface area contributed by atoms with Crippen molar-refractivity contribution >= 4 is 5.97 Å². The van der Waals surface area contributed by atoms with Crippen LogP contribution in [0.1, 0.15) is 26.7 Å². The van der Waals surface area contributed by atoms with Gasteiger partial charge in [0.25, 0.3) is 0 Å². The van der Waals surface area contributed by atoms with Crippen LogP contribution in [0.4, 0.5) is 0 Å². The molecule has 0 aromatic heterocycles. The van der Waals surface area contributed by atoms with Gasteiger partial charge in [0.15, 0.2) is 6.10 Å². The van der Waals surface area contributed by atoms with Crippen LogP contribution in [-0.4, -0.2) is 38.4 Å². The second-order valence-electron chi connectivity index (χ2n) is 3.72. The summed E-state index contributed by atoms with van der Waals surface area (Å²) >= 11 is 0. The van der Waals surface area contributed by atoms with Gasteiger partial charge >= 0.3 is 5.97 Å². The number of hydrogen-bond acceptors (Lipinski definition) is 4. The first-order valence-corrected chi connectivity index (χ1v) is 5.78. The van der Waals surface area contributed by atoms with E-state index in [2.05, 4.69) is 5.32 Å². The van der Waals surface area contributed by atoms with E-state index in [1.807, 2.05) is 13.8 Å². The topological polar surface area (TPSA) is 47.6 Å². The molecule has 4 nitrogen and oxygen atoms in total. The average Bonchev–Trinajstić information content (AvgIpc) is 2.27. The summed E-state index contributed by atoms with van der Waals surface area (Å²) < 4.78 is 10.5. The molecule has 1 saturated heterocycles. The molecule has 4 heteroatoms. The Morgan fingerprint density at radius 2 is 2.00 bits per heavy atom. The molecule has 0 aliphatic carbocycles. The lowest BCUT2D eigenvalue weighted by atomic mass is 9.92. The zero-order chi connectivity index (χ0) is 11.1. The summed E-state index contributed by atoms with van der Waals surface area (Å²) in [5.41, 5.74) is 0. The molecule has 1 aliphatic heterocycles. The third kappa shape index (κ3) is 3.80. The summed E-state index contributed by atoms with van der Waals surface area (Å²) in [5, 5.41) is 3.27. The van der Waals surface area contributed by atoms with Gasteiger partial charge in [0.1, 0.15) is 0 Å². The van der Waals surface area contributed by atoms with Crippen molar-refractivity contribution in [3.63, 3.8) is 0 Å². The number of hydrogen-bond donors (Lipinski definition) is 1. The number of carbonyl (C=O) groups is 1. The second kappa shape index (κ2) is 6.80. The number of piperidine rings is 1. The number of carbonyl (C=O) groups excluding carboxylic acids is 1. The van der Waals surface area contributed by atoms with Gasteiger partial charge in [-0.3, -0.25) is 0 Å². The van der Waals surface area contributed by atoms with Crippen molar-refractivity contribution in [2.75, 3.05) is 26.3 Å². The van der Waals surface area contributed by atoms with Gasteiger partial charge in [0.05, 0.1) is 6.61 Å². The number of esters is 1. The first-order valence-electron chi connectivity index (χ1n) is 5.78. The Morgan fingerprint density at radius 3 is 2.53 bits per heavy atom. The molecule has 1 unspecified atom stereocenters. The summed E-state index contributed by atoms with van der Waals surface area (Å²) in [4.78, 5) is 11.7. The minimum Gasteiger partial charge on any atom is -0.464 e. The highest BCUT2D eigenvalue weighted by Crippen LogP contribution is 2.20. The lowest BCUT2D eigenvalue weighted by molar-refractivity contribution is -0.161. The maximum atomic E-state index is 11.7. The summed E-state index contributed by atoms with van der Waals surface area (Å²) in [6, 6.07) is 0. The molecule has 1 N–H and O–H groups in total. The summed E-state index contributed by atoms with van der Waals surface area (Å²) in [6.45, 7) is 6.65. The van der Waals surface area contributed by atoms with E-state index in [1.165, 1.54) is 0 Å². The summed E-state index contributed by atoms with van der Waals surface area (Å²) in [7, 11) is 0. The Kier molecular flexibility index (Phi) is 5.65. The quantitative estimate of drug-likeness (QED) is 0.694. The fourth-order valence-corrected chi connectivity index (χ4v) is 1.95. The van der Waals surface area contributed by atoms with E-state index in [4.69, 9.17) is 9.47 Å². The molecule has 0 radical (unpaired) electrons. The highest BCUT2D eigenvalue weighted by Gasteiger charge is 2.30. The van der Waals surface area contributed by atoms with Gasteiger partial charge in [0.2, 0.25) is 0 Å². The Labute approximate surface area is 91.3 Å². The zero-order valence-corrected chi connectivity index (χ0v) is 9.62. The fourth-order valence-electron chi connectivity index (χ4n) is 1.95. The van der Waals surface area contributed by atoms with Crippen molar-refractivity contribution in [2.45, 2.75) is 32.8 Å². The van der Waals surface area contributed by atoms with Crippen LogP contribution in [0.25, 0.3) is 0 Å². The van der Waals surface area contributed by atoms with Gasteiger partial charge in [-0.25, -0.2) is 4.79 Å². The smallest absolute Gasteiger partial charge is 0.335 e. The molecule has 0 spiro atoms. The Hall–Kier alpha value is -0.610. The van der Waals surface area contributed by atoms with E-state index in [0.29, 0.717) is 19.1 Å². The molecule has 0 aromatic rings. The predicted octanol–water partition coefficient (Wildman–Crippen LogP) is 0.954. The molecule has 0 saturated carbocycles. The van der Waals surface area contributed by atoms with Crippen LogP contribution in [0.5, 0.6) is 0 Å². The van der Waals surface area contributed by atoms with E-state index < -0.39 is 0 Å². The predicted molar refractivity (Wildman–Crippen MR) is 57.6 cm³/mol. The third-order valence-electron chi connectivity index (χ3n) is 2.68. The van der Waals surface area contributed by atoms with Gasteiger partial charge in [-0.05, 0) is 45.7 Å². The molecule has 1 heterocycles. The maximum Gasteiger partial charge on any atom is 0.335 e. The Morgan fingerprint density at radius 1 is 1.33 bits per heavy atom. The minimum absolute atomic E-state index is 0.203. The monoisotopic (exact) mass is 215 g/mol. The summed E-state index contributed by atoms with van der Waals surface area (Å²) in [6.07, 6.45) is 1.62. The number of nitrogens with one attached hydrogen (secondary N) is 1. The molecule has 1 atom stereocenters. The zero-order valence-electron chi connectivity index (χ0n) is 9.62. The molecular formula is C11H21NO3. The third-order valence-corrected chi connectivity index (χ3v) is 2.68. The Balaban J connectivity index is 2.50. The molecular weight excluding hydrogens is 194 g/mol. The van der Waals surface area contributed by atoms with Crippen LogP contribution >= 0.6 is 0 Å². The van der Waals surface area contributed by atoms with E-state index >= 15 is 0 Å². The van der Waals surface area contributed by atoms with Crippen LogP contribution in [0.2, 0.25) is 0 Å². The van der Waals surface area contributed by atoms with Crippen LogP contribution < -0.4 is 5.32 Å². The molecule has 0 bridgehead atoms. The molecule has 0 amide bonds. The van der Waals surface area contributed by atoms with Gasteiger partial charge in [-0.1, -0.05) is 0 Å². The van der Waals surface area contributed by atoms with Crippen molar-refractivity contribution < 1.29 is 14.3 Å². The van der Waals surface area contributed by atoms with Gasteiger partial charge in [-0.15, -0.1) is 0 Å². The van der Waals surface area contributed by atoms with E-state index in [9.17, 15) is 4.79 Å². The molecule has 88 valence electrons. The fraction of sp³-hybridized carbons (Fsp3) is 0.909. The first kappa shape index (κ1) is 12.5. The second-order valence-corrected chi connectivity index (χ2v) is 3.72. The average molecular weight is 215 g/mol. The van der Waals surface area contributed by atoms with E-state index in [1.54, 1.807) is 0 Å². The van der Waals surface area contributed by atoms with Crippen LogP contribution in [-0.2, 0) is 14.3 Å². The molecule has 1 aliphatic rings. The molecule has 1 rings (SSSR count). The van der Waals surface area contributed by atoms with Gasteiger partial charge in [-0.2, -0.15) is 0 Å². The van der Waals surface area contributed by atoms with Crippen LogP contribution in [0.15, 0.2) is 0 Å². The SMILES string of the molecule is CCOC(=O)C(OCC)C1CCNCC1. The molecule has 0 aromatic carbocycles. The standard InChI is InChI=1S/C11H21NO3/c1-3-14-10(11(13)15-4-2)9-5-7-12-8-6-9/h9-10,12H,3-8H2,1-2H3. The number of rotatable bonds is 5. The van der Waals surface area contributed by atoms with E-state index in [-0.39, 0.29) is 12.1 Å². The van der Waals surface area contributed by atoms with Gasteiger partial charge in [0, 0.05) is 6.61 Å². The largest absolute Gasteiger partial charge is 0.464 e. The maximum absolute atomic E-state index is 11.7. The summed E-state index contributed by atoms with van der Waals surface area (Å²) in [5.74, 6) is 0.108. The van der Waals surface area contributed by atoms with E-state index in [0.717, 1.165) is 25.9 Å². The van der Waals surface area contributed by atoms with Crippen molar-refractivity contribution in [3.8, 4) is 0 Å². The molecule has 1 fully saturated rings.